The normalized spacial score (nSPS) is 31.9. The van der Waals surface area contributed by atoms with Gasteiger partial charge in [0.2, 0.25) is 23.5 Å². The van der Waals surface area contributed by atoms with Crippen LogP contribution >= 0.6 is 0 Å². The van der Waals surface area contributed by atoms with Gasteiger partial charge in [-0.25, -0.2) is 4.79 Å². The molecule has 1 saturated heterocycles. The molecule has 6 amide bonds. The van der Waals surface area contributed by atoms with Crippen molar-refractivity contribution in [3.63, 3.8) is 0 Å². The van der Waals surface area contributed by atoms with Crippen LogP contribution in [0.1, 0.15) is 118 Å². The SMILES string of the molecule is C=CCCC(NC(=O)[C@@H]1C2C(CN1C(=O)[C@@H](NC(=O)NC13CC4CC(CC(C4)C1)C3)C1CCCCC1)C2(C)C)C(=O)C(=O)NC/C=C/C(=O)NC(C)(C)C. The number of urea groups is 1. The highest BCUT2D eigenvalue weighted by atomic mass is 16.2. The maximum absolute atomic E-state index is 14.7. The lowest BCUT2D eigenvalue weighted by molar-refractivity contribution is -0.144. The van der Waals surface area contributed by atoms with E-state index in [9.17, 15) is 28.8 Å². The van der Waals surface area contributed by atoms with E-state index in [0.717, 1.165) is 51.4 Å². The zero-order chi connectivity index (χ0) is 39.0. The van der Waals surface area contributed by atoms with Gasteiger partial charge in [0, 0.05) is 30.2 Å². The summed E-state index contributed by atoms with van der Waals surface area (Å²) >= 11 is 0. The van der Waals surface area contributed by atoms with Crippen molar-refractivity contribution in [1.29, 1.82) is 0 Å². The van der Waals surface area contributed by atoms with Crippen LogP contribution in [0.2, 0.25) is 0 Å². The van der Waals surface area contributed by atoms with Crippen LogP contribution in [0.4, 0.5) is 4.79 Å². The second-order valence-electron chi connectivity index (χ2n) is 19.2. The minimum Gasteiger partial charge on any atom is -0.348 e. The molecule has 12 heteroatoms. The van der Waals surface area contributed by atoms with Gasteiger partial charge in [0.25, 0.3) is 5.91 Å². The molecule has 5 N–H and O–H groups in total. The van der Waals surface area contributed by atoms with Crippen molar-refractivity contribution in [3.8, 4) is 0 Å². The predicted molar refractivity (Wildman–Crippen MR) is 206 cm³/mol. The Morgan fingerprint density at radius 3 is 2.13 bits per heavy atom. The van der Waals surface area contributed by atoms with E-state index in [4.69, 9.17) is 0 Å². The average Bonchev–Trinajstić information content (AvgIpc) is 3.39. The fraction of sp³-hybridized carbons (Fsp3) is 0.762. The first kappa shape index (κ1) is 40.0. The van der Waals surface area contributed by atoms with Crippen LogP contribution in [0.5, 0.6) is 0 Å². The van der Waals surface area contributed by atoms with E-state index in [0.29, 0.717) is 30.7 Å². The van der Waals surface area contributed by atoms with Crippen molar-refractivity contribution in [1.82, 2.24) is 31.5 Å². The van der Waals surface area contributed by atoms with Crippen LogP contribution in [-0.4, -0.2) is 82.6 Å². The number of amides is 6. The summed E-state index contributed by atoms with van der Waals surface area (Å²) in [7, 11) is 0. The van der Waals surface area contributed by atoms with Crippen LogP contribution in [0.15, 0.2) is 24.8 Å². The maximum atomic E-state index is 14.7. The minimum absolute atomic E-state index is 0.0267. The smallest absolute Gasteiger partial charge is 0.315 e. The first-order chi connectivity index (χ1) is 25.5. The highest BCUT2D eigenvalue weighted by Crippen LogP contribution is 2.65. The number of fused-ring (bicyclic) bond motifs is 1. The molecule has 6 saturated carbocycles. The third-order valence-corrected chi connectivity index (χ3v) is 13.5. The minimum atomic E-state index is -1.13. The van der Waals surface area contributed by atoms with E-state index in [2.05, 4.69) is 47.0 Å². The van der Waals surface area contributed by atoms with Crippen LogP contribution < -0.4 is 26.6 Å². The van der Waals surface area contributed by atoms with E-state index in [1.807, 2.05) is 20.8 Å². The first-order valence-corrected chi connectivity index (χ1v) is 20.6. The topological polar surface area (TPSA) is 166 Å². The summed E-state index contributed by atoms with van der Waals surface area (Å²) in [6.45, 7) is 13.9. The maximum Gasteiger partial charge on any atom is 0.315 e. The highest BCUT2D eigenvalue weighted by Gasteiger charge is 2.70. The zero-order valence-electron chi connectivity index (χ0n) is 33.1. The fourth-order valence-electron chi connectivity index (χ4n) is 11.3. The van der Waals surface area contributed by atoms with E-state index >= 15 is 0 Å². The Morgan fingerprint density at radius 1 is 0.907 bits per heavy atom. The molecule has 4 bridgehead atoms. The molecule has 7 fully saturated rings. The Labute approximate surface area is 321 Å². The molecule has 6 aliphatic carbocycles. The molecular formula is C42H64N6O6. The van der Waals surface area contributed by atoms with Gasteiger partial charge in [0.1, 0.15) is 12.1 Å². The molecular weight excluding hydrogens is 684 g/mol. The monoisotopic (exact) mass is 748 g/mol. The van der Waals surface area contributed by atoms with Crippen molar-refractivity contribution in [3.05, 3.63) is 24.8 Å². The Balaban J connectivity index is 1.14. The van der Waals surface area contributed by atoms with Gasteiger partial charge in [-0.05, 0) is 126 Å². The summed E-state index contributed by atoms with van der Waals surface area (Å²) in [4.78, 5) is 83.1. The van der Waals surface area contributed by atoms with Crippen molar-refractivity contribution < 1.29 is 28.8 Å². The Hall–Kier alpha value is -3.70. The van der Waals surface area contributed by atoms with Gasteiger partial charge in [0.05, 0.1) is 6.04 Å². The van der Waals surface area contributed by atoms with Crippen molar-refractivity contribution in [2.75, 3.05) is 13.1 Å². The molecule has 0 radical (unpaired) electrons. The number of nitrogens with zero attached hydrogens (tertiary/aromatic N) is 1. The molecule has 1 aliphatic heterocycles. The van der Waals surface area contributed by atoms with Crippen LogP contribution in [0, 0.1) is 40.9 Å². The molecule has 298 valence electrons. The van der Waals surface area contributed by atoms with Crippen molar-refractivity contribution in [2.24, 2.45) is 40.9 Å². The number of allylic oxidation sites excluding steroid dienone is 1. The molecule has 0 aromatic heterocycles. The van der Waals surface area contributed by atoms with Gasteiger partial charge in [-0.1, -0.05) is 45.3 Å². The van der Waals surface area contributed by atoms with Gasteiger partial charge in [-0.15, -0.1) is 6.58 Å². The molecule has 1 heterocycles. The van der Waals surface area contributed by atoms with Gasteiger partial charge < -0.3 is 31.5 Å². The molecule has 5 atom stereocenters. The number of ketones is 1. The average molecular weight is 749 g/mol. The largest absolute Gasteiger partial charge is 0.348 e. The molecule has 3 unspecified atom stereocenters. The summed E-state index contributed by atoms with van der Waals surface area (Å²) in [5.74, 6) is -0.712. The number of carbonyl (C=O) groups excluding carboxylic acids is 6. The quantitative estimate of drug-likeness (QED) is 0.101. The summed E-state index contributed by atoms with van der Waals surface area (Å²) in [5.41, 5.74) is -0.786. The fourth-order valence-corrected chi connectivity index (χ4v) is 11.3. The number of rotatable bonds is 14. The van der Waals surface area contributed by atoms with Crippen LogP contribution in [0.3, 0.4) is 0 Å². The number of Topliss-reactive ketones (excluding diaryl/α,β-unsaturated/α-hetero) is 1. The summed E-state index contributed by atoms with van der Waals surface area (Å²) in [6.07, 6.45) is 16.5. The van der Waals surface area contributed by atoms with E-state index < -0.39 is 41.3 Å². The Morgan fingerprint density at radius 2 is 1.54 bits per heavy atom. The number of likely N-dealkylation sites (tertiary alicyclic amines) is 1. The van der Waals surface area contributed by atoms with E-state index in [-0.39, 0.29) is 59.5 Å². The standard InChI is InChI=1S/C42H64N6O6/c1-7-8-15-30(35(50)37(52)43-17-12-16-31(49)46-40(2,3)4)44-36(51)34-32-29(41(32,5)6)24-48(34)38(53)33(28-13-10-9-11-14-28)45-39(54)47-42-21-25-18-26(22-42)20-27(19-25)23-42/h7,12,16,25-30,32-34H,1,8-11,13-15,17-24H2,2-6H3,(H,43,52)(H,44,51)(H,46,49)(H2,45,47,54)/b16-12+/t25?,26?,27?,29?,30?,32?,33-,34-,42?/m0/s1. The number of hydrogen-bond donors (Lipinski definition) is 5. The van der Waals surface area contributed by atoms with Crippen LogP contribution in [0.25, 0.3) is 0 Å². The van der Waals surface area contributed by atoms with Crippen molar-refractivity contribution >= 4 is 35.4 Å². The molecule has 0 aromatic carbocycles. The zero-order valence-corrected chi connectivity index (χ0v) is 33.1. The third kappa shape index (κ3) is 8.88. The number of carbonyl (C=O) groups is 6. The van der Waals surface area contributed by atoms with Crippen LogP contribution in [-0.2, 0) is 24.0 Å². The summed E-state index contributed by atoms with van der Waals surface area (Å²) in [6, 6.07) is -2.99. The first-order valence-electron chi connectivity index (χ1n) is 20.6. The van der Waals surface area contributed by atoms with Crippen molar-refractivity contribution in [2.45, 2.75) is 147 Å². The van der Waals surface area contributed by atoms with Gasteiger partial charge >= 0.3 is 6.03 Å². The molecule has 0 spiro atoms. The van der Waals surface area contributed by atoms with E-state index in [1.165, 1.54) is 31.4 Å². The lowest BCUT2D eigenvalue weighted by atomic mass is 9.53. The van der Waals surface area contributed by atoms with E-state index in [1.54, 1.807) is 11.0 Å². The molecule has 12 nitrogen and oxygen atoms in total. The third-order valence-electron chi connectivity index (χ3n) is 13.5. The number of nitrogens with one attached hydrogen (secondary N) is 5. The van der Waals surface area contributed by atoms with Gasteiger partial charge in [-0.2, -0.15) is 0 Å². The molecule has 7 aliphatic rings. The number of hydrogen-bond acceptors (Lipinski definition) is 6. The lowest BCUT2D eigenvalue weighted by Crippen LogP contribution is -2.64. The number of piperidine rings is 1. The second kappa shape index (κ2) is 15.8. The lowest BCUT2D eigenvalue weighted by Gasteiger charge is -2.56. The summed E-state index contributed by atoms with van der Waals surface area (Å²) < 4.78 is 0. The molecule has 0 aromatic rings. The Bertz CT molecular complexity index is 1490. The highest BCUT2D eigenvalue weighted by molar-refractivity contribution is 6.38. The summed E-state index contributed by atoms with van der Waals surface area (Å²) in [5, 5.41) is 14.8. The molecule has 7 rings (SSSR count). The van der Waals surface area contributed by atoms with Gasteiger partial charge in [-0.3, -0.25) is 24.0 Å². The Kier molecular flexibility index (Phi) is 11.7. The predicted octanol–water partition coefficient (Wildman–Crippen LogP) is 4.29. The molecule has 54 heavy (non-hydrogen) atoms. The van der Waals surface area contributed by atoms with Gasteiger partial charge in [0.15, 0.2) is 0 Å². The second-order valence-corrected chi connectivity index (χ2v) is 19.2.